The predicted octanol–water partition coefficient (Wildman–Crippen LogP) is 3.32. The van der Waals surface area contributed by atoms with Crippen molar-refractivity contribution in [1.82, 2.24) is 5.32 Å². The molecule has 0 spiro atoms. The fraction of sp³-hybridized carbons (Fsp3) is 0.462. The lowest BCUT2D eigenvalue weighted by molar-refractivity contribution is 0.0937. The quantitative estimate of drug-likeness (QED) is 0.840. The van der Waals surface area contributed by atoms with Gasteiger partial charge < -0.3 is 5.32 Å². The Kier molecular flexibility index (Phi) is 3.49. The molecular formula is C13H16ClNO. The molecule has 1 aromatic rings. The number of halogens is 1. The van der Waals surface area contributed by atoms with Crippen LogP contribution in [0.25, 0.3) is 0 Å². The minimum Gasteiger partial charge on any atom is -0.349 e. The van der Waals surface area contributed by atoms with E-state index in [0.717, 1.165) is 18.4 Å². The van der Waals surface area contributed by atoms with E-state index in [4.69, 9.17) is 11.6 Å². The third-order valence-electron chi connectivity index (χ3n) is 3.20. The smallest absolute Gasteiger partial charge is 0.251 e. The first kappa shape index (κ1) is 11.5. The topological polar surface area (TPSA) is 29.1 Å². The van der Waals surface area contributed by atoms with Crippen LogP contribution in [-0.2, 0) is 0 Å². The van der Waals surface area contributed by atoms with Crippen molar-refractivity contribution in [3.8, 4) is 0 Å². The summed E-state index contributed by atoms with van der Waals surface area (Å²) in [7, 11) is 0. The molecule has 0 heterocycles. The van der Waals surface area contributed by atoms with Crippen molar-refractivity contribution in [3.05, 3.63) is 34.3 Å². The van der Waals surface area contributed by atoms with Gasteiger partial charge in [0.05, 0.1) is 0 Å². The Morgan fingerprint density at radius 2 is 2.06 bits per heavy atom. The summed E-state index contributed by atoms with van der Waals surface area (Å²) < 4.78 is 0. The molecule has 3 heteroatoms. The first-order valence-corrected chi connectivity index (χ1v) is 6.12. The van der Waals surface area contributed by atoms with Crippen LogP contribution in [0.15, 0.2) is 18.2 Å². The van der Waals surface area contributed by atoms with Gasteiger partial charge in [0.25, 0.3) is 5.91 Å². The first-order chi connectivity index (χ1) is 7.68. The zero-order valence-corrected chi connectivity index (χ0v) is 10.2. The number of rotatable bonds is 2. The van der Waals surface area contributed by atoms with Crippen LogP contribution in [0.1, 0.15) is 41.6 Å². The highest BCUT2D eigenvalue weighted by atomic mass is 35.5. The van der Waals surface area contributed by atoms with Crippen molar-refractivity contribution in [1.29, 1.82) is 0 Å². The highest BCUT2D eigenvalue weighted by Crippen LogP contribution is 2.21. The van der Waals surface area contributed by atoms with Gasteiger partial charge >= 0.3 is 0 Å². The van der Waals surface area contributed by atoms with E-state index in [1.165, 1.54) is 12.8 Å². The molecule has 1 aliphatic rings. The van der Waals surface area contributed by atoms with Crippen LogP contribution in [0.3, 0.4) is 0 Å². The van der Waals surface area contributed by atoms with Crippen LogP contribution < -0.4 is 5.32 Å². The van der Waals surface area contributed by atoms with E-state index < -0.39 is 0 Å². The zero-order chi connectivity index (χ0) is 11.5. The zero-order valence-electron chi connectivity index (χ0n) is 9.42. The van der Waals surface area contributed by atoms with Gasteiger partial charge in [0.2, 0.25) is 0 Å². The lowest BCUT2D eigenvalue weighted by atomic mass is 10.1. The van der Waals surface area contributed by atoms with Gasteiger partial charge in [0, 0.05) is 16.6 Å². The average molecular weight is 238 g/mol. The van der Waals surface area contributed by atoms with E-state index in [9.17, 15) is 4.79 Å². The predicted molar refractivity (Wildman–Crippen MR) is 65.9 cm³/mol. The number of carbonyl (C=O) groups excluding carboxylic acids is 1. The second-order valence-corrected chi connectivity index (χ2v) is 4.77. The summed E-state index contributed by atoms with van der Waals surface area (Å²) in [6.07, 6.45) is 4.65. The molecule has 0 aromatic heterocycles. The molecule has 1 aliphatic carbocycles. The minimum atomic E-state index is 0.00639. The van der Waals surface area contributed by atoms with E-state index in [1.807, 2.05) is 25.1 Å². The van der Waals surface area contributed by atoms with Gasteiger partial charge in [-0.3, -0.25) is 4.79 Å². The highest BCUT2D eigenvalue weighted by molar-refractivity contribution is 6.31. The van der Waals surface area contributed by atoms with E-state index in [2.05, 4.69) is 5.32 Å². The molecule has 2 rings (SSSR count). The maximum atomic E-state index is 12.0. The SMILES string of the molecule is Cc1c(Cl)cccc1C(=O)NC1CCCC1. The third kappa shape index (κ3) is 2.38. The molecule has 16 heavy (non-hydrogen) atoms. The Morgan fingerprint density at radius 3 is 2.75 bits per heavy atom. The molecule has 0 saturated heterocycles. The molecule has 0 bridgehead atoms. The summed E-state index contributed by atoms with van der Waals surface area (Å²) in [5, 5.41) is 3.72. The third-order valence-corrected chi connectivity index (χ3v) is 3.61. The standard InChI is InChI=1S/C13H16ClNO/c1-9-11(7-4-8-12(9)14)13(16)15-10-5-2-3-6-10/h4,7-8,10H,2-3,5-6H2,1H3,(H,15,16). The van der Waals surface area contributed by atoms with E-state index >= 15 is 0 Å². The van der Waals surface area contributed by atoms with Gasteiger partial charge in [-0.2, -0.15) is 0 Å². The first-order valence-electron chi connectivity index (χ1n) is 5.74. The summed E-state index contributed by atoms with van der Waals surface area (Å²) >= 11 is 5.99. The second kappa shape index (κ2) is 4.88. The van der Waals surface area contributed by atoms with E-state index in [-0.39, 0.29) is 5.91 Å². The van der Waals surface area contributed by atoms with E-state index in [0.29, 0.717) is 16.6 Å². The number of hydrogen-bond donors (Lipinski definition) is 1. The average Bonchev–Trinajstić information content (AvgIpc) is 2.74. The largest absolute Gasteiger partial charge is 0.349 e. The molecule has 1 amide bonds. The Morgan fingerprint density at radius 1 is 1.38 bits per heavy atom. The number of carbonyl (C=O) groups is 1. The number of nitrogens with one attached hydrogen (secondary N) is 1. The van der Waals surface area contributed by atoms with Gasteiger partial charge in [0.1, 0.15) is 0 Å². The van der Waals surface area contributed by atoms with Crippen molar-refractivity contribution in [2.75, 3.05) is 0 Å². The maximum Gasteiger partial charge on any atom is 0.251 e. The lowest BCUT2D eigenvalue weighted by Crippen LogP contribution is -2.33. The molecule has 2 nitrogen and oxygen atoms in total. The molecule has 86 valence electrons. The number of amides is 1. The summed E-state index contributed by atoms with van der Waals surface area (Å²) in [5.74, 6) is 0.00639. The highest BCUT2D eigenvalue weighted by Gasteiger charge is 2.19. The molecule has 1 aromatic carbocycles. The number of benzene rings is 1. The van der Waals surface area contributed by atoms with Crippen molar-refractivity contribution in [2.24, 2.45) is 0 Å². The summed E-state index contributed by atoms with van der Waals surface area (Å²) in [4.78, 5) is 12.0. The van der Waals surface area contributed by atoms with Crippen LogP contribution >= 0.6 is 11.6 Å². The van der Waals surface area contributed by atoms with Crippen LogP contribution in [0.2, 0.25) is 5.02 Å². The molecule has 0 aliphatic heterocycles. The molecule has 0 unspecified atom stereocenters. The van der Waals surface area contributed by atoms with Gasteiger partial charge in [0.15, 0.2) is 0 Å². The van der Waals surface area contributed by atoms with Gasteiger partial charge in [-0.25, -0.2) is 0 Å². The van der Waals surface area contributed by atoms with Crippen LogP contribution in [-0.4, -0.2) is 11.9 Å². The lowest BCUT2D eigenvalue weighted by Gasteiger charge is -2.13. The van der Waals surface area contributed by atoms with Crippen LogP contribution in [0.4, 0.5) is 0 Å². The monoisotopic (exact) mass is 237 g/mol. The maximum absolute atomic E-state index is 12.0. The minimum absolute atomic E-state index is 0.00639. The van der Waals surface area contributed by atoms with E-state index in [1.54, 1.807) is 0 Å². The fourth-order valence-electron chi connectivity index (χ4n) is 2.19. The molecule has 1 N–H and O–H groups in total. The van der Waals surface area contributed by atoms with Gasteiger partial charge in [-0.05, 0) is 37.5 Å². The molecule has 0 radical (unpaired) electrons. The summed E-state index contributed by atoms with van der Waals surface area (Å²) in [5.41, 5.74) is 1.55. The number of hydrogen-bond acceptors (Lipinski definition) is 1. The van der Waals surface area contributed by atoms with Gasteiger partial charge in [-0.15, -0.1) is 0 Å². The van der Waals surface area contributed by atoms with Crippen molar-refractivity contribution in [2.45, 2.75) is 38.6 Å². The molecule has 0 atom stereocenters. The van der Waals surface area contributed by atoms with Crippen LogP contribution in [0, 0.1) is 6.92 Å². The van der Waals surface area contributed by atoms with Crippen molar-refractivity contribution < 1.29 is 4.79 Å². The Balaban J connectivity index is 2.11. The Hall–Kier alpha value is -1.02. The molecular weight excluding hydrogens is 222 g/mol. The molecule has 1 saturated carbocycles. The summed E-state index contributed by atoms with van der Waals surface area (Å²) in [6, 6.07) is 5.80. The second-order valence-electron chi connectivity index (χ2n) is 4.37. The Labute approximate surface area is 101 Å². The Bertz CT molecular complexity index is 397. The van der Waals surface area contributed by atoms with Crippen molar-refractivity contribution >= 4 is 17.5 Å². The van der Waals surface area contributed by atoms with Gasteiger partial charge in [-0.1, -0.05) is 30.5 Å². The normalized spacial score (nSPS) is 16.4. The fourth-order valence-corrected chi connectivity index (χ4v) is 2.36. The van der Waals surface area contributed by atoms with Crippen molar-refractivity contribution in [3.63, 3.8) is 0 Å². The van der Waals surface area contributed by atoms with Crippen LogP contribution in [0.5, 0.6) is 0 Å². The molecule has 1 fully saturated rings. The summed E-state index contributed by atoms with van der Waals surface area (Å²) in [6.45, 7) is 1.88.